The van der Waals surface area contributed by atoms with Crippen LogP contribution in [0.2, 0.25) is 0 Å². The zero-order valence-electron chi connectivity index (χ0n) is 12.4. The van der Waals surface area contributed by atoms with Gasteiger partial charge in [-0.2, -0.15) is 0 Å². The third-order valence-corrected chi connectivity index (χ3v) is 3.78. The molecule has 0 saturated carbocycles. The van der Waals surface area contributed by atoms with Crippen LogP contribution in [0.15, 0.2) is 18.2 Å². The first-order chi connectivity index (χ1) is 10.2. The van der Waals surface area contributed by atoms with Crippen molar-refractivity contribution in [2.24, 2.45) is 0 Å². The first-order valence-corrected chi connectivity index (χ1v) is 7.48. The van der Waals surface area contributed by atoms with E-state index in [1.165, 1.54) is 6.07 Å². The topological polar surface area (TPSA) is 76.4 Å². The average Bonchev–Trinajstić information content (AvgIpc) is 2.49. The van der Waals surface area contributed by atoms with Crippen LogP contribution in [-0.4, -0.2) is 37.3 Å². The summed E-state index contributed by atoms with van der Waals surface area (Å²) in [4.78, 5) is 10.5. The second-order valence-corrected chi connectivity index (χ2v) is 5.31. The molecule has 1 aliphatic heterocycles. The van der Waals surface area contributed by atoms with Crippen LogP contribution in [0.1, 0.15) is 24.8 Å². The van der Waals surface area contributed by atoms with E-state index in [1.54, 1.807) is 13.0 Å². The minimum absolute atomic E-state index is 0.158. The molecule has 2 rings (SSSR count). The van der Waals surface area contributed by atoms with E-state index >= 15 is 0 Å². The van der Waals surface area contributed by atoms with Gasteiger partial charge in [-0.3, -0.25) is 10.1 Å². The quantitative estimate of drug-likeness (QED) is 0.459. The number of anilines is 1. The van der Waals surface area contributed by atoms with E-state index in [0.29, 0.717) is 11.7 Å². The van der Waals surface area contributed by atoms with Crippen molar-refractivity contribution in [1.82, 2.24) is 5.32 Å². The fourth-order valence-corrected chi connectivity index (χ4v) is 2.52. The molecule has 0 bridgehead atoms. The molecule has 0 aromatic heterocycles. The second kappa shape index (κ2) is 7.95. The number of hydrogen-bond acceptors (Lipinski definition) is 5. The van der Waals surface area contributed by atoms with E-state index in [4.69, 9.17) is 4.74 Å². The Morgan fingerprint density at radius 2 is 2.19 bits per heavy atom. The average molecular weight is 293 g/mol. The lowest BCUT2D eigenvalue weighted by molar-refractivity contribution is -0.385. The zero-order chi connectivity index (χ0) is 15.1. The number of piperidine rings is 1. The van der Waals surface area contributed by atoms with Gasteiger partial charge in [-0.15, -0.1) is 0 Å². The van der Waals surface area contributed by atoms with Crippen LogP contribution in [0.5, 0.6) is 0 Å². The molecule has 0 radical (unpaired) electrons. The number of benzene rings is 1. The number of rotatable bonds is 7. The largest absolute Gasteiger partial charge is 0.385 e. The molecule has 0 amide bonds. The highest BCUT2D eigenvalue weighted by molar-refractivity contribution is 5.59. The molecule has 0 spiro atoms. The number of nitrogens with one attached hydrogen (secondary N) is 2. The molecular weight excluding hydrogens is 270 g/mol. The lowest BCUT2D eigenvalue weighted by Crippen LogP contribution is -2.32. The van der Waals surface area contributed by atoms with E-state index in [0.717, 1.165) is 51.2 Å². The minimum atomic E-state index is -0.346. The third-order valence-electron chi connectivity index (χ3n) is 3.78. The molecule has 1 aliphatic rings. The van der Waals surface area contributed by atoms with Crippen LogP contribution in [0.3, 0.4) is 0 Å². The summed E-state index contributed by atoms with van der Waals surface area (Å²) in [6.45, 7) is 5.33. The maximum atomic E-state index is 10.9. The highest BCUT2D eigenvalue weighted by atomic mass is 16.6. The molecule has 21 heavy (non-hydrogen) atoms. The van der Waals surface area contributed by atoms with Crippen molar-refractivity contribution < 1.29 is 9.66 Å². The summed E-state index contributed by atoms with van der Waals surface area (Å²) in [5.74, 6) is 0. The Morgan fingerprint density at radius 3 is 2.90 bits per heavy atom. The van der Waals surface area contributed by atoms with Gasteiger partial charge in [0.25, 0.3) is 5.69 Å². The van der Waals surface area contributed by atoms with Crippen molar-refractivity contribution in [3.05, 3.63) is 33.9 Å². The Balaban J connectivity index is 1.71. The summed E-state index contributed by atoms with van der Waals surface area (Å²) in [5.41, 5.74) is 1.67. The standard InChI is InChI=1S/C15H23N3O3/c1-12-14(4-2-5-15(12)18(19)20)17-8-3-11-21-13-6-9-16-10-7-13/h2,4-5,13,16-17H,3,6-11H2,1H3. The van der Waals surface area contributed by atoms with E-state index in [-0.39, 0.29) is 10.6 Å². The van der Waals surface area contributed by atoms with Crippen LogP contribution < -0.4 is 10.6 Å². The van der Waals surface area contributed by atoms with Gasteiger partial charge in [0.2, 0.25) is 0 Å². The van der Waals surface area contributed by atoms with Gasteiger partial charge >= 0.3 is 0 Å². The third kappa shape index (κ3) is 4.68. The Labute approximate surface area is 125 Å². The monoisotopic (exact) mass is 293 g/mol. The van der Waals surface area contributed by atoms with Crippen molar-refractivity contribution in [2.45, 2.75) is 32.3 Å². The molecule has 116 valence electrons. The predicted molar refractivity (Wildman–Crippen MR) is 82.8 cm³/mol. The first-order valence-electron chi connectivity index (χ1n) is 7.48. The smallest absolute Gasteiger partial charge is 0.274 e. The molecule has 1 aromatic carbocycles. The summed E-state index contributed by atoms with van der Waals surface area (Å²) >= 11 is 0. The fraction of sp³-hybridized carbons (Fsp3) is 0.600. The lowest BCUT2D eigenvalue weighted by Gasteiger charge is -2.23. The number of nitro groups is 1. The van der Waals surface area contributed by atoms with E-state index in [9.17, 15) is 10.1 Å². The van der Waals surface area contributed by atoms with Crippen molar-refractivity contribution in [3.8, 4) is 0 Å². The molecule has 0 aliphatic carbocycles. The van der Waals surface area contributed by atoms with E-state index in [2.05, 4.69) is 10.6 Å². The molecule has 1 fully saturated rings. The molecule has 0 unspecified atom stereocenters. The molecule has 6 heteroatoms. The summed E-state index contributed by atoms with van der Waals surface area (Å²) in [6, 6.07) is 5.11. The molecule has 1 aromatic rings. The van der Waals surface area contributed by atoms with Crippen molar-refractivity contribution in [3.63, 3.8) is 0 Å². The van der Waals surface area contributed by atoms with Crippen LogP contribution in [0.4, 0.5) is 11.4 Å². The van der Waals surface area contributed by atoms with Gasteiger partial charge in [-0.25, -0.2) is 0 Å². The zero-order valence-corrected chi connectivity index (χ0v) is 12.4. The Morgan fingerprint density at radius 1 is 1.43 bits per heavy atom. The normalized spacial score (nSPS) is 15.9. The summed E-state index contributed by atoms with van der Waals surface area (Å²) in [5, 5.41) is 17.4. The minimum Gasteiger partial charge on any atom is -0.385 e. The van der Waals surface area contributed by atoms with Crippen LogP contribution in [0.25, 0.3) is 0 Å². The Hall–Kier alpha value is -1.66. The highest BCUT2D eigenvalue weighted by Gasteiger charge is 2.14. The van der Waals surface area contributed by atoms with Crippen LogP contribution in [0, 0.1) is 17.0 Å². The van der Waals surface area contributed by atoms with Gasteiger partial charge < -0.3 is 15.4 Å². The van der Waals surface area contributed by atoms with E-state index in [1.807, 2.05) is 6.07 Å². The number of nitrogens with zero attached hydrogens (tertiary/aromatic N) is 1. The van der Waals surface area contributed by atoms with E-state index < -0.39 is 0 Å². The number of hydrogen-bond donors (Lipinski definition) is 2. The van der Waals surface area contributed by atoms with Gasteiger partial charge in [-0.05, 0) is 45.3 Å². The predicted octanol–water partition coefficient (Wildman–Crippen LogP) is 2.47. The number of nitro benzene ring substituents is 1. The summed E-state index contributed by atoms with van der Waals surface area (Å²) in [7, 11) is 0. The summed E-state index contributed by atoms with van der Waals surface area (Å²) in [6.07, 6.45) is 3.44. The van der Waals surface area contributed by atoms with Crippen molar-refractivity contribution >= 4 is 11.4 Å². The van der Waals surface area contributed by atoms with Crippen molar-refractivity contribution in [1.29, 1.82) is 0 Å². The Kier molecular flexibility index (Phi) is 5.95. The van der Waals surface area contributed by atoms with Gasteiger partial charge in [-0.1, -0.05) is 6.07 Å². The maximum Gasteiger partial charge on any atom is 0.274 e. The van der Waals surface area contributed by atoms with Crippen LogP contribution in [-0.2, 0) is 4.74 Å². The lowest BCUT2D eigenvalue weighted by atomic mass is 10.1. The molecule has 1 saturated heterocycles. The van der Waals surface area contributed by atoms with Gasteiger partial charge in [0.1, 0.15) is 0 Å². The molecular formula is C15H23N3O3. The second-order valence-electron chi connectivity index (χ2n) is 5.31. The Bertz CT molecular complexity index is 473. The SMILES string of the molecule is Cc1c(NCCCOC2CCNCC2)cccc1[N+](=O)[O-]. The van der Waals surface area contributed by atoms with Crippen LogP contribution >= 0.6 is 0 Å². The molecule has 0 atom stereocenters. The fourth-order valence-electron chi connectivity index (χ4n) is 2.52. The molecule has 2 N–H and O–H groups in total. The highest BCUT2D eigenvalue weighted by Crippen LogP contribution is 2.24. The maximum absolute atomic E-state index is 10.9. The van der Waals surface area contributed by atoms with Gasteiger partial charge in [0.15, 0.2) is 0 Å². The van der Waals surface area contributed by atoms with Crippen molar-refractivity contribution in [2.75, 3.05) is 31.6 Å². The first kappa shape index (κ1) is 15.7. The summed E-state index contributed by atoms with van der Waals surface area (Å²) < 4.78 is 5.82. The van der Waals surface area contributed by atoms with Gasteiger partial charge in [0, 0.05) is 30.5 Å². The molecule has 6 nitrogen and oxygen atoms in total. The number of ether oxygens (including phenoxy) is 1. The molecule has 1 heterocycles. The van der Waals surface area contributed by atoms with Gasteiger partial charge in [0.05, 0.1) is 11.0 Å².